The molecule has 100 valence electrons. The zero-order chi connectivity index (χ0) is 13.0. The summed E-state index contributed by atoms with van der Waals surface area (Å²) in [5.74, 6) is 7.37. The molecule has 1 aliphatic heterocycles. The summed E-state index contributed by atoms with van der Waals surface area (Å²) in [6.45, 7) is 2.11. The molecule has 6 nitrogen and oxygen atoms in total. The summed E-state index contributed by atoms with van der Waals surface area (Å²) < 4.78 is 0. The van der Waals surface area contributed by atoms with E-state index in [4.69, 9.17) is 10.9 Å². The molecular weight excluding hydrogens is 250 g/mol. The van der Waals surface area contributed by atoms with Crippen LogP contribution in [0.4, 0.5) is 11.6 Å². The first kappa shape index (κ1) is 13.4. The molecule has 0 amide bonds. The van der Waals surface area contributed by atoms with Gasteiger partial charge in [-0.2, -0.15) is 0 Å². The summed E-state index contributed by atoms with van der Waals surface area (Å²) in [6.07, 6.45) is 3.94. The largest absolute Gasteiger partial charge is 0.396 e. The van der Waals surface area contributed by atoms with Crippen LogP contribution in [-0.2, 0) is 0 Å². The monoisotopic (exact) mass is 269 g/mol. The van der Waals surface area contributed by atoms with Crippen molar-refractivity contribution >= 4 is 23.4 Å². The lowest BCUT2D eigenvalue weighted by molar-refractivity contribution is 0.202. The van der Waals surface area contributed by atoms with Crippen LogP contribution in [0, 0.1) is 5.92 Å². The number of aliphatic hydroxyl groups is 1. The van der Waals surface area contributed by atoms with Crippen molar-refractivity contribution in [2.24, 2.45) is 11.8 Å². The third-order valence-electron chi connectivity index (χ3n) is 3.22. The van der Waals surface area contributed by atoms with Crippen LogP contribution in [0.3, 0.4) is 0 Å². The van der Waals surface area contributed by atoms with Gasteiger partial charge in [-0.05, 0) is 25.0 Å². The van der Waals surface area contributed by atoms with Crippen molar-refractivity contribution in [3.63, 3.8) is 0 Å². The van der Waals surface area contributed by atoms with Gasteiger partial charge in [-0.15, -0.1) is 0 Å². The number of hydrogen-bond donors (Lipinski definition) is 3. The Labute approximate surface area is 111 Å². The Hall–Kier alpha value is -1.05. The Morgan fingerprint density at radius 1 is 1.50 bits per heavy atom. The minimum atomic E-state index is 0.281. The Morgan fingerprint density at radius 2 is 2.22 bits per heavy atom. The van der Waals surface area contributed by atoms with Crippen LogP contribution in [-0.4, -0.2) is 41.0 Å². The van der Waals surface area contributed by atoms with Crippen LogP contribution in [0.2, 0.25) is 0 Å². The van der Waals surface area contributed by atoms with E-state index in [1.807, 2.05) is 12.3 Å². The predicted molar refractivity (Wildman–Crippen MR) is 73.6 cm³/mol. The SMILES string of the molecule is CSc1nc(NN)cc(N2CCC(CO)CC2)n1. The highest BCUT2D eigenvalue weighted by Gasteiger charge is 2.20. The van der Waals surface area contributed by atoms with Gasteiger partial charge in [-0.1, -0.05) is 11.8 Å². The number of piperidine rings is 1. The normalized spacial score (nSPS) is 16.9. The molecule has 1 fully saturated rings. The average molecular weight is 269 g/mol. The summed E-state index contributed by atoms with van der Waals surface area (Å²) in [4.78, 5) is 11.0. The summed E-state index contributed by atoms with van der Waals surface area (Å²) in [6, 6.07) is 1.86. The lowest BCUT2D eigenvalue weighted by Gasteiger charge is -2.32. The van der Waals surface area contributed by atoms with Gasteiger partial charge in [0.2, 0.25) is 0 Å². The highest BCUT2D eigenvalue weighted by molar-refractivity contribution is 7.98. The van der Waals surface area contributed by atoms with E-state index < -0.39 is 0 Å². The fraction of sp³-hybridized carbons (Fsp3) is 0.636. The maximum Gasteiger partial charge on any atom is 0.191 e. The maximum atomic E-state index is 9.14. The molecule has 18 heavy (non-hydrogen) atoms. The zero-order valence-electron chi connectivity index (χ0n) is 10.5. The number of nitrogens with two attached hydrogens (primary N) is 1. The molecule has 1 aromatic heterocycles. The number of aromatic nitrogens is 2. The zero-order valence-corrected chi connectivity index (χ0v) is 11.3. The summed E-state index contributed by atoms with van der Waals surface area (Å²) in [5, 5.41) is 9.85. The number of nitrogens with zero attached hydrogens (tertiary/aromatic N) is 3. The summed E-state index contributed by atoms with van der Waals surface area (Å²) >= 11 is 1.50. The van der Waals surface area contributed by atoms with Gasteiger partial charge < -0.3 is 15.4 Å². The summed E-state index contributed by atoms with van der Waals surface area (Å²) in [5.41, 5.74) is 2.57. The quantitative estimate of drug-likeness (QED) is 0.321. The van der Waals surface area contributed by atoms with Gasteiger partial charge in [-0.25, -0.2) is 15.8 Å². The Kier molecular flexibility index (Phi) is 4.62. The number of rotatable bonds is 4. The third-order valence-corrected chi connectivity index (χ3v) is 3.77. The Bertz CT molecular complexity index is 373. The molecule has 2 rings (SSSR count). The van der Waals surface area contributed by atoms with E-state index in [1.54, 1.807) is 0 Å². The second-order valence-electron chi connectivity index (χ2n) is 4.36. The van der Waals surface area contributed by atoms with Gasteiger partial charge in [0.05, 0.1) is 0 Å². The molecule has 0 aliphatic carbocycles. The van der Waals surface area contributed by atoms with Crippen LogP contribution in [0.5, 0.6) is 0 Å². The average Bonchev–Trinajstić information content (AvgIpc) is 2.46. The molecular formula is C11H19N5OS. The van der Waals surface area contributed by atoms with Gasteiger partial charge >= 0.3 is 0 Å². The number of nitrogens with one attached hydrogen (secondary N) is 1. The molecule has 1 aromatic rings. The fourth-order valence-electron chi connectivity index (χ4n) is 2.08. The second kappa shape index (κ2) is 6.21. The number of anilines is 2. The molecule has 1 saturated heterocycles. The van der Waals surface area contributed by atoms with Crippen LogP contribution < -0.4 is 16.2 Å². The van der Waals surface area contributed by atoms with E-state index in [-0.39, 0.29) is 6.61 Å². The van der Waals surface area contributed by atoms with Crippen molar-refractivity contribution in [3.8, 4) is 0 Å². The minimum absolute atomic E-state index is 0.281. The van der Waals surface area contributed by atoms with Gasteiger partial charge in [0.25, 0.3) is 0 Å². The van der Waals surface area contributed by atoms with E-state index in [1.165, 1.54) is 11.8 Å². The van der Waals surface area contributed by atoms with E-state index in [0.717, 1.165) is 31.7 Å². The first-order chi connectivity index (χ1) is 8.76. The van der Waals surface area contributed by atoms with Crippen molar-refractivity contribution in [2.75, 3.05) is 36.3 Å². The number of aliphatic hydroxyl groups excluding tert-OH is 1. The molecule has 0 radical (unpaired) electrons. The van der Waals surface area contributed by atoms with Crippen molar-refractivity contribution in [3.05, 3.63) is 6.07 Å². The molecule has 1 aliphatic rings. The predicted octanol–water partition coefficient (Wildman–Crippen LogP) is 0.693. The van der Waals surface area contributed by atoms with E-state index in [0.29, 0.717) is 16.9 Å². The summed E-state index contributed by atoms with van der Waals surface area (Å²) in [7, 11) is 0. The van der Waals surface area contributed by atoms with Crippen molar-refractivity contribution in [1.29, 1.82) is 0 Å². The standard InChI is InChI=1S/C11H19N5OS/c1-18-11-13-9(15-12)6-10(14-11)16-4-2-8(7-17)3-5-16/h6,8,17H,2-5,7,12H2,1H3,(H,13,14,15). The highest BCUT2D eigenvalue weighted by Crippen LogP contribution is 2.24. The van der Waals surface area contributed by atoms with Crippen LogP contribution >= 0.6 is 11.8 Å². The third kappa shape index (κ3) is 3.04. The molecule has 0 spiro atoms. The molecule has 0 unspecified atom stereocenters. The lowest BCUT2D eigenvalue weighted by Crippen LogP contribution is -2.35. The fourth-order valence-corrected chi connectivity index (χ4v) is 2.46. The number of hydrogen-bond acceptors (Lipinski definition) is 7. The van der Waals surface area contributed by atoms with Crippen LogP contribution in [0.25, 0.3) is 0 Å². The maximum absolute atomic E-state index is 9.14. The second-order valence-corrected chi connectivity index (χ2v) is 5.13. The van der Waals surface area contributed by atoms with Crippen molar-refractivity contribution < 1.29 is 5.11 Å². The molecule has 0 bridgehead atoms. The van der Waals surface area contributed by atoms with Gasteiger partial charge in [-0.3, -0.25) is 0 Å². The number of thioether (sulfide) groups is 1. The van der Waals surface area contributed by atoms with E-state index in [2.05, 4.69) is 20.3 Å². The smallest absolute Gasteiger partial charge is 0.191 e. The minimum Gasteiger partial charge on any atom is -0.396 e. The first-order valence-corrected chi connectivity index (χ1v) is 7.24. The Morgan fingerprint density at radius 3 is 2.78 bits per heavy atom. The van der Waals surface area contributed by atoms with Crippen LogP contribution in [0.1, 0.15) is 12.8 Å². The number of hydrazine groups is 1. The molecule has 7 heteroatoms. The van der Waals surface area contributed by atoms with E-state index >= 15 is 0 Å². The van der Waals surface area contributed by atoms with Crippen molar-refractivity contribution in [1.82, 2.24) is 9.97 Å². The van der Waals surface area contributed by atoms with Gasteiger partial charge in [0.15, 0.2) is 5.16 Å². The topological polar surface area (TPSA) is 87.3 Å². The number of nitrogen functional groups attached to an aromatic ring is 1. The molecule has 4 N–H and O–H groups in total. The molecule has 0 aromatic carbocycles. The highest BCUT2D eigenvalue weighted by atomic mass is 32.2. The van der Waals surface area contributed by atoms with Gasteiger partial charge in [0.1, 0.15) is 11.6 Å². The first-order valence-electron chi connectivity index (χ1n) is 6.02. The Balaban J connectivity index is 2.13. The molecule has 0 atom stereocenters. The van der Waals surface area contributed by atoms with Gasteiger partial charge in [0, 0.05) is 25.8 Å². The molecule has 0 saturated carbocycles. The van der Waals surface area contributed by atoms with E-state index in [9.17, 15) is 0 Å². The molecule has 2 heterocycles. The van der Waals surface area contributed by atoms with Crippen LogP contribution in [0.15, 0.2) is 11.2 Å². The lowest BCUT2D eigenvalue weighted by atomic mass is 9.98. The van der Waals surface area contributed by atoms with Crippen molar-refractivity contribution in [2.45, 2.75) is 18.0 Å².